The Kier molecular flexibility index (Phi) is 6.14. The first-order valence-corrected chi connectivity index (χ1v) is 9.48. The molecule has 0 radical (unpaired) electrons. The van der Waals surface area contributed by atoms with Crippen molar-refractivity contribution >= 4 is 8.07 Å². The highest BCUT2D eigenvalue weighted by molar-refractivity contribution is 6.76. The minimum atomic E-state index is -1.07. The number of aliphatic hydroxyl groups excluding tert-OH is 1. The second-order valence-electron chi connectivity index (χ2n) is 5.56. The molecule has 88 valence electrons. The zero-order chi connectivity index (χ0) is 12.1. The third kappa shape index (κ3) is 7.57. The topological polar surface area (TPSA) is 20.2 Å². The number of rotatable bonds is 6. The van der Waals surface area contributed by atoms with Gasteiger partial charge in [-0.15, -0.1) is 6.58 Å². The van der Waals surface area contributed by atoms with E-state index < -0.39 is 8.07 Å². The van der Waals surface area contributed by atoms with Crippen molar-refractivity contribution in [2.75, 3.05) is 0 Å². The molecule has 1 atom stereocenters. The maximum absolute atomic E-state index is 9.90. The Balaban J connectivity index is 4.13. The second-order valence-corrected chi connectivity index (χ2v) is 11.0. The minimum absolute atomic E-state index is 0.325. The number of hydrogen-bond acceptors (Lipinski definition) is 1. The molecule has 2 heteroatoms. The van der Waals surface area contributed by atoms with Crippen molar-refractivity contribution < 1.29 is 5.11 Å². The van der Waals surface area contributed by atoms with E-state index in [2.05, 4.69) is 39.2 Å². The molecular formula is C13H26OSi. The molecule has 0 amide bonds. The molecule has 0 aromatic rings. The van der Waals surface area contributed by atoms with Crippen molar-refractivity contribution in [2.45, 2.75) is 58.5 Å². The first-order chi connectivity index (χ1) is 6.76. The molecule has 1 nitrogen and oxygen atoms in total. The summed E-state index contributed by atoms with van der Waals surface area (Å²) in [4.78, 5) is 0. The average molecular weight is 226 g/mol. The molecule has 0 aromatic heterocycles. The summed E-state index contributed by atoms with van der Waals surface area (Å²) >= 11 is 0. The quantitative estimate of drug-likeness (QED) is 0.536. The lowest BCUT2D eigenvalue weighted by Gasteiger charge is -2.20. The second kappa shape index (κ2) is 6.29. The van der Waals surface area contributed by atoms with Gasteiger partial charge < -0.3 is 5.11 Å². The number of aliphatic hydroxyl groups is 1. The van der Waals surface area contributed by atoms with Gasteiger partial charge in [0.05, 0.1) is 6.10 Å². The lowest BCUT2D eigenvalue weighted by atomic mass is 10.0. The van der Waals surface area contributed by atoms with E-state index in [1.165, 1.54) is 5.57 Å². The van der Waals surface area contributed by atoms with Crippen molar-refractivity contribution in [3.63, 3.8) is 0 Å². The highest BCUT2D eigenvalue weighted by Gasteiger charge is 2.16. The SMILES string of the molecule is C=C(C[C@H](O)/C(C)=C/CC)C[Si](C)(C)C. The van der Waals surface area contributed by atoms with Crippen LogP contribution in [0.3, 0.4) is 0 Å². The Morgan fingerprint density at radius 2 is 1.93 bits per heavy atom. The molecule has 0 saturated heterocycles. The van der Waals surface area contributed by atoms with E-state index in [9.17, 15) is 5.11 Å². The van der Waals surface area contributed by atoms with Crippen LogP contribution in [-0.4, -0.2) is 19.3 Å². The average Bonchev–Trinajstić information content (AvgIpc) is 2.00. The number of hydrogen-bond donors (Lipinski definition) is 1. The largest absolute Gasteiger partial charge is 0.388 e. The Hall–Kier alpha value is -0.343. The molecule has 0 aromatic carbocycles. The predicted octanol–water partition coefficient (Wildman–Crippen LogP) is 3.99. The van der Waals surface area contributed by atoms with Crippen molar-refractivity contribution in [1.82, 2.24) is 0 Å². The molecule has 0 aliphatic heterocycles. The van der Waals surface area contributed by atoms with Gasteiger partial charge in [0.25, 0.3) is 0 Å². The monoisotopic (exact) mass is 226 g/mol. The Bertz CT molecular complexity index is 235. The standard InChI is InChI=1S/C13H26OSi/c1-7-8-12(3)13(14)9-11(2)10-15(4,5)6/h8,13-14H,2,7,9-10H2,1,3-6H3/b12-8+/t13-/m0/s1. The van der Waals surface area contributed by atoms with E-state index in [0.29, 0.717) is 0 Å². The third-order valence-electron chi connectivity index (χ3n) is 2.31. The van der Waals surface area contributed by atoms with E-state index in [1.54, 1.807) is 0 Å². The maximum Gasteiger partial charge on any atom is 0.0784 e. The van der Waals surface area contributed by atoms with Gasteiger partial charge in [-0.1, -0.05) is 38.2 Å². The summed E-state index contributed by atoms with van der Waals surface area (Å²) in [6.45, 7) is 15.2. The fourth-order valence-corrected chi connectivity index (χ4v) is 3.36. The van der Waals surface area contributed by atoms with Crippen LogP contribution >= 0.6 is 0 Å². The molecule has 1 N–H and O–H groups in total. The van der Waals surface area contributed by atoms with E-state index in [0.717, 1.165) is 24.5 Å². The van der Waals surface area contributed by atoms with Crippen LogP contribution in [0.5, 0.6) is 0 Å². The molecule has 0 aliphatic carbocycles. The zero-order valence-electron chi connectivity index (χ0n) is 10.9. The summed E-state index contributed by atoms with van der Waals surface area (Å²) in [6.07, 6.45) is 3.48. The Labute approximate surface area is 95.9 Å². The van der Waals surface area contributed by atoms with Gasteiger partial charge in [0.15, 0.2) is 0 Å². The van der Waals surface area contributed by atoms with E-state index in [1.807, 2.05) is 6.92 Å². The summed E-state index contributed by atoms with van der Waals surface area (Å²) < 4.78 is 0. The van der Waals surface area contributed by atoms with Gasteiger partial charge in [-0.2, -0.15) is 0 Å². The summed E-state index contributed by atoms with van der Waals surface area (Å²) in [5.41, 5.74) is 2.28. The number of allylic oxidation sites excluding steroid dienone is 1. The molecule has 0 unspecified atom stereocenters. The van der Waals surface area contributed by atoms with Crippen LogP contribution in [0.15, 0.2) is 23.8 Å². The molecule has 0 rings (SSSR count). The van der Waals surface area contributed by atoms with Crippen molar-refractivity contribution in [2.24, 2.45) is 0 Å². The maximum atomic E-state index is 9.90. The van der Waals surface area contributed by atoms with Crippen LogP contribution in [0.25, 0.3) is 0 Å². The fraction of sp³-hybridized carbons (Fsp3) is 0.692. The van der Waals surface area contributed by atoms with Crippen LogP contribution in [-0.2, 0) is 0 Å². The highest BCUT2D eigenvalue weighted by atomic mass is 28.3. The normalized spacial score (nSPS) is 15.2. The molecule has 0 saturated carbocycles. The lowest BCUT2D eigenvalue weighted by molar-refractivity contribution is 0.211. The van der Waals surface area contributed by atoms with Gasteiger partial charge in [-0.3, -0.25) is 0 Å². The molecular weight excluding hydrogens is 200 g/mol. The molecule has 0 fully saturated rings. The molecule has 0 spiro atoms. The van der Waals surface area contributed by atoms with Gasteiger partial charge in [0, 0.05) is 8.07 Å². The van der Waals surface area contributed by atoms with Crippen LogP contribution in [0, 0.1) is 0 Å². The van der Waals surface area contributed by atoms with Crippen LogP contribution in [0.2, 0.25) is 25.7 Å². The van der Waals surface area contributed by atoms with Crippen LogP contribution in [0.4, 0.5) is 0 Å². The zero-order valence-corrected chi connectivity index (χ0v) is 11.9. The van der Waals surface area contributed by atoms with Crippen molar-refractivity contribution in [3.05, 3.63) is 23.8 Å². The molecule has 0 heterocycles. The minimum Gasteiger partial charge on any atom is -0.388 e. The van der Waals surface area contributed by atoms with Crippen LogP contribution < -0.4 is 0 Å². The van der Waals surface area contributed by atoms with E-state index in [-0.39, 0.29) is 6.10 Å². The summed E-state index contributed by atoms with van der Waals surface area (Å²) in [5, 5.41) is 9.90. The Morgan fingerprint density at radius 1 is 1.40 bits per heavy atom. The van der Waals surface area contributed by atoms with Gasteiger partial charge in [-0.25, -0.2) is 0 Å². The molecule has 0 bridgehead atoms. The van der Waals surface area contributed by atoms with Gasteiger partial charge in [-0.05, 0) is 31.4 Å². The highest BCUT2D eigenvalue weighted by Crippen LogP contribution is 2.21. The first-order valence-electron chi connectivity index (χ1n) is 5.77. The van der Waals surface area contributed by atoms with Gasteiger partial charge in [0.1, 0.15) is 0 Å². The van der Waals surface area contributed by atoms with E-state index >= 15 is 0 Å². The first kappa shape index (κ1) is 14.7. The third-order valence-corrected chi connectivity index (χ3v) is 3.87. The van der Waals surface area contributed by atoms with Crippen LogP contribution in [0.1, 0.15) is 26.7 Å². The predicted molar refractivity (Wildman–Crippen MR) is 72.0 cm³/mol. The summed E-state index contributed by atoms with van der Waals surface area (Å²) in [7, 11) is -1.07. The van der Waals surface area contributed by atoms with E-state index in [4.69, 9.17) is 0 Å². The lowest BCUT2D eigenvalue weighted by Crippen LogP contribution is -2.21. The summed E-state index contributed by atoms with van der Waals surface area (Å²) in [6, 6.07) is 1.11. The summed E-state index contributed by atoms with van der Waals surface area (Å²) in [5.74, 6) is 0. The Morgan fingerprint density at radius 3 is 2.33 bits per heavy atom. The van der Waals surface area contributed by atoms with Gasteiger partial charge in [0.2, 0.25) is 0 Å². The smallest absolute Gasteiger partial charge is 0.0784 e. The molecule has 15 heavy (non-hydrogen) atoms. The van der Waals surface area contributed by atoms with Crippen molar-refractivity contribution in [1.29, 1.82) is 0 Å². The van der Waals surface area contributed by atoms with Gasteiger partial charge >= 0.3 is 0 Å². The molecule has 0 aliphatic rings. The van der Waals surface area contributed by atoms with Crippen molar-refractivity contribution in [3.8, 4) is 0 Å². The fourth-order valence-electron chi connectivity index (χ4n) is 1.71.